The number of hydrogen-bond donors (Lipinski definition) is 2. The third-order valence-electron chi connectivity index (χ3n) is 5.04. The number of carbonyl (C=O) groups is 2. The molecule has 0 saturated carbocycles. The standard InChI is InChI=1S/C28H22F2N2O2S2/c29-21-5-13-25(14-6-21)35-17-27(33)31-23-9-1-19(2-10-23)20-3-11-24(12-4-20)32-28(34)18-36-26-15-7-22(30)8-16-26/h1-16H,17-18H2,(H,31,33)(H,32,34). The Morgan fingerprint density at radius 2 is 0.861 bits per heavy atom. The van der Waals surface area contributed by atoms with E-state index in [1.807, 2.05) is 48.5 Å². The lowest BCUT2D eigenvalue weighted by atomic mass is 10.0. The predicted molar refractivity (Wildman–Crippen MR) is 143 cm³/mol. The van der Waals surface area contributed by atoms with Crippen LogP contribution in [0.4, 0.5) is 20.2 Å². The van der Waals surface area contributed by atoms with Gasteiger partial charge in [0.2, 0.25) is 11.8 Å². The third kappa shape index (κ3) is 7.69. The van der Waals surface area contributed by atoms with Crippen molar-refractivity contribution in [2.75, 3.05) is 22.1 Å². The Kier molecular flexibility index (Phi) is 8.76. The van der Waals surface area contributed by atoms with Crippen LogP contribution in [-0.4, -0.2) is 23.3 Å². The van der Waals surface area contributed by atoms with Crippen molar-refractivity contribution >= 4 is 46.7 Å². The van der Waals surface area contributed by atoms with Crippen LogP contribution in [-0.2, 0) is 9.59 Å². The van der Waals surface area contributed by atoms with Crippen LogP contribution in [0.5, 0.6) is 0 Å². The fourth-order valence-electron chi connectivity index (χ4n) is 3.25. The van der Waals surface area contributed by atoms with E-state index in [2.05, 4.69) is 10.6 Å². The van der Waals surface area contributed by atoms with Crippen molar-refractivity contribution in [2.24, 2.45) is 0 Å². The monoisotopic (exact) mass is 520 g/mol. The van der Waals surface area contributed by atoms with E-state index in [1.54, 1.807) is 24.3 Å². The van der Waals surface area contributed by atoms with Crippen LogP contribution in [0.25, 0.3) is 11.1 Å². The maximum absolute atomic E-state index is 13.0. The molecule has 4 rings (SSSR count). The molecular formula is C28H22F2N2O2S2. The summed E-state index contributed by atoms with van der Waals surface area (Å²) in [6.07, 6.45) is 0. The highest BCUT2D eigenvalue weighted by Gasteiger charge is 2.07. The fraction of sp³-hybridized carbons (Fsp3) is 0.0714. The van der Waals surface area contributed by atoms with Crippen LogP contribution in [0.15, 0.2) is 107 Å². The first-order chi connectivity index (χ1) is 17.4. The van der Waals surface area contributed by atoms with Gasteiger partial charge in [-0.25, -0.2) is 8.78 Å². The zero-order valence-electron chi connectivity index (χ0n) is 19.0. The molecule has 0 aromatic heterocycles. The van der Waals surface area contributed by atoms with Crippen molar-refractivity contribution in [2.45, 2.75) is 9.79 Å². The van der Waals surface area contributed by atoms with Gasteiger partial charge in [-0.05, 0) is 83.9 Å². The van der Waals surface area contributed by atoms with Gasteiger partial charge >= 0.3 is 0 Å². The molecule has 36 heavy (non-hydrogen) atoms. The molecule has 8 heteroatoms. The zero-order chi connectivity index (χ0) is 25.3. The Labute approximate surface area is 216 Å². The molecule has 0 atom stereocenters. The van der Waals surface area contributed by atoms with Crippen molar-refractivity contribution in [1.29, 1.82) is 0 Å². The molecule has 4 aromatic rings. The van der Waals surface area contributed by atoms with Crippen LogP contribution < -0.4 is 10.6 Å². The van der Waals surface area contributed by atoms with E-state index in [-0.39, 0.29) is 35.0 Å². The molecule has 0 heterocycles. The summed E-state index contributed by atoms with van der Waals surface area (Å²) in [5.41, 5.74) is 3.31. The van der Waals surface area contributed by atoms with Gasteiger partial charge in [-0.15, -0.1) is 23.5 Å². The lowest BCUT2D eigenvalue weighted by Gasteiger charge is -2.09. The average molecular weight is 521 g/mol. The number of carbonyl (C=O) groups excluding carboxylic acids is 2. The number of anilines is 2. The van der Waals surface area contributed by atoms with Gasteiger partial charge in [0.1, 0.15) is 11.6 Å². The van der Waals surface area contributed by atoms with Gasteiger partial charge < -0.3 is 10.6 Å². The third-order valence-corrected chi connectivity index (χ3v) is 7.06. The highest BCUT2D eigenvalue weighted by molar-refractivity contribution is 8.00. The number of hydrogen-bond acceptors (Lipinski definition) is 4. The summed E-state index contributed by atoms with van der Waals surface area (Å²) < 4.78 is 25.9. The molecule has 0 spiro atoms. The molecule has 0 fully saturated rings. The second-order valence-electron chi connectivity index (χ2n) is 7.74. The smallest absolute Gasteiger partial charge is 0.234 e. The van der Waals surface area contributed by atoms with Gasteiger partial charge in [-0.2, -0.15) is 0 Å². The number of rotatable bonds is 9. The van der Waals surface area contributed by atoms with Crippen LogP contribution >= 0.6 is 23.5 Å². The summed E-state index contributed by atoms with van der Waals surface area (Å²) in [5, 5.41) is 5.72. The van der Waals surface area contributed by atoms with E-state index >= 15 is 0 Å². The van der Waals surface area contributed by atoms with Gasteiger partial charge in [-0.3, -0.25) is 9.59 Å². The minimum Gasteiger partial charge on any atom is -0.325 e. The van der Waals surface area contributed by atoms with Crippen molar-refractivity contribution in [3.63, 3.8) is 0 Å². The molecule has 4 aromatic carbocycles. The predicted octanol–water partition coefficient (Wildman–Crippen LogP) is 7.09. The first-order valence-electron chi connectivity index (χ1n) is 11.0. The number of halogens is 2. The highest BCUT2D eigenvalue weighted by Crippen LogP contribution is 2.24. The summed E-state index contributed by atoms with van der Waals surface area (Å²) in [6, 6.07) is 27.0. The molecule has 182 valence electrons. The Hall–Kier alpha value is -3.62. The maximum atomic E-state index is 13.0. The van der Waals surface area contributed by atoms with Crippen LogP contribution in [0.1, 0.15) is 0 Å². The van der Waals surface area contributed by atoms with Gasteiger partial charge in [0, 0.05) is 21.2 Å². The summed E-state index contributed by atoms with van der Waals surface area (Å²) in [6.45, 7) is 0. The van der Waals surface area contributed by atoms with Gasteiger partial charge in [0.15, 0.2) is 0 Å². The number of amides is 2. The topological polar surface area (TPSA) is 58.2 Å². The first-order valence-corrected chi connectivity index (χ1v) is 13.0. The molecule has 0 saturated heterocycles. The molecule has 2 amide bonds. The van der Waals surface area contributed by atoms with Crippen LogP contribution in [0.3, 0.4) is 0 Å². The van der Waals surface area contributed by atoms with Crippen molar-refractivity contribution < 1.29 is 18.4 Å². The Morgan fingerprint density at radius 3 is 1.19 bits per heavy atom. The number of nitrogens with one attached hydrogen (secondary N) is 2. The van der Waals surface area contributed by atoms with Gasteiger partial charge in [0.25, 0.3) is 0 Å². The molecule has 0 radical (unpaired) electrons. The van der Waals surface area contributed by atoms with E-state index in [0.29, 0.717) is 11.4 Å². The Bertz CT molecular complexity index is 1210. The lowest BCUT2D eigenvalue weighted by Crippen LogP contribution is -2.14. The zero-order valence-corrected chi connectivity index (χ0v) is 20.7. The number of benzene rings is 4. The minimum absolute atomic E-state index is 0.144. The Balaban J connectivity index is 1.25. The van der Waals surface area contributed by atoms with E-state index < -0.39 is 0 Å². The number of thioether (sulfide) groups is 2. The largest absolute Gasteiger partial charge is 0.325 e. The van der Waals surface area contributed by atoms with E-state index in [1.165, 1.54) is 47.8 Å². The van der Waals surface area contributed by atoms with E-state index in [4.69, 9.17) is 0 Å². The summed E-state index contributed by atoms with van der Waals surface area (Å²) in [7, 11) is 0. The van der Waals surface area contributed by atoms with Crippen molar-refractivity contribution in [3.05, 3.63) is 109 Å². The molecule has 0 unspecified atom stereocenters. The molecule has 0 aliphatic heterocycles. The summed E-state index contributed by atoms with van der Waals surface area (Å²) >= 11 is 2.68. The summed E-state index contributed by atoms with van der Waals surface area (Å²) in [5.74, 6) is -0.447. The lowest BCUT2D eigenvalue weighted by molar-refractivity contribution is -0.114. The highest BCUT2D eigenvalue weighted by atomic mass is 32.2. The molecule has 0 aliphatic rings. The summed E-state index contributed by atoms with van der Waals surface area (Å²) in [4.78, 5) is 26.1. The normalized spacial score (nSPS) is 10.6. The molecular weight excluding hydrogens is 498 g/mol. The van der Waals surface area contributed by atoms with E-state index in [0.717, 1.165) is 20.9 Å². The quantitative estimate of drug-likeness (QED) is 0.231. The van der Waals surface area contributed by atoms with Crippen LogP contribution in [0.2, 0.25) is 0 Å². The van der Waals surface area contributed by atoms with Crippen LogP contribution in [0, 0.1) is 11.6 Å². The molecule has 0 bridgehead atoms. The van der Waals surface area contributed by atoms with Gasteiger partial charge in [-0.1, -0.05) is 24.3 Å². The second kappa shape index (κ2) is 12.4. The Morgan fingerprint density at radius 1 is 0.528 bits per heavy atom. The SMILES string of the molecule is O=C(CSc1ccc(F)cc1)Nc1ccc(-c2ccc(NC(=O)CSc3ccc(F)cc3)cc2)cc1. The van der Waals surface area contributed by atoms with Crippen molar-refractivity contribution in [1.82, 2.24) is 0 Å². The maximum Gasteiger partial charge on any atom is 0.234 e. The molecule has 2 N–H and O–H groups in total. The van der Waals surface area contributed by atoms with Crippen molar-refractivity contribution in [3.8, 4) is 11.1 Å². The van der Waals surface area contributed by atoms with E-state index in [9.17, 15) is 18.4 Å². The molecule has 0 aliphatic carbocycles. The molecule has 4 nitrogen and oxygen atoms in total. The minimum atomic E-state index is -0.305. The second-order valence-corrected chi connectivity index (χ2v) is 9.83. The fourth-order valence-corrected chi connectivity index (χ4v) is 4.64. The first kappa shape index (κ1) is 25.5. The van der Waals surface area contributed by atoms with Gasteiger partial charge in [0.05, 0.1) is 11.5 Å². The average Bonchev–Trinajstić information content (AvgIpc) is 2.89.